The van der Waals surface area contributed by atoms with Crippen LogP contribution < -0.4 is 0 Å². The molecule has 0 N–H and O–H groups in total. The molecule has 2 rings (SSSR count). The van der Waals surface area contributed by atoms with E-state index < -0.39 is 10.2 Å². The van der Waals surface area contributed by atoms with E-state index in [4.69, 9.17) is 0 Å². The fraction of sp³-hybridized carbons (Fsp3) is 0.875. The average Bonchev–Trinajstić information content (AvgIpc) is 2.72. The third kappa shape index (κ3) is 1.69. The van der Waals surface area contributed by atoms with Crippen molar-refractivity contribution in [3.8, 4) is 0 Å². The molecule has 80 valence electrons. The van der Waals surface area contributed by atoms with Gasteiger partial charge in [0.2, 0.25) is 0 Å². The second kappa shape index (κ2) is 3.60. The van der Waals surface area contributed by atoms with Crippen molar-refractivity contribution in [2.75, 3.05) is 26.2 Å². The van der Waals surface area contributed by atoms with Crippen molar-refractivity contribution in [3.05, 3.63) is 0 Å². The molecule has 2 aliphatic rings. The third-order valence-electron chi connectivity index (χ3n) is 2.71. The monoisotopic (exact) mass is 218 g/mol. The summed E-state index contributed by atoms with van der Waals surface area (Å²) in [5.41, 5.74) is 0. The zero-order chi connectivity index (χ0) is 10.2. The Kier molecular flexibility index (Phi) is 2.59. The van der Waals surface area contributed by atoms with Crippen LogP contribution in [0.1, 0.15) is 19.3 Å². The summed E-state index contributed by atoms with van der Waals surface area (Å²) in [7, 11) is -3.33. The highest BCUT2D eigenvalue weighted by molar-refractivity contribution is 7.86. The van der Waals surface area contributed by atoms with E-state index in [0.29, 0.717) is 26.1 Å². The molecule has 6 heteroatoms. The van der Waals surface area contributed by atoms with Crippen molar-refractivity contribution in [2.45, 2.75) is 19.3 Å². The van der Waals surface area contributed by atoms with E-state index in [0.717, 1.165) is 12.8 Å². The molecule has 0 aromatic rings. The SMILES string of the molecule is O=C1CCN(S(=O)(=O)N2CCCC2)C1. The summed E-state index contributed by atoms with van der Waals surface area (Å²) in [6, 6.07) is 0. The van der Waals surface area contributed by atoms with Gasteiger partial charge >= 0.3 is 0 Å². The maximum absolute atomic E-state index is 11.9. The van der Waals surface area contributed by atoms with Gasteiger partial charge < -0.3 is 0 Å². The molecule has 0 aliphatic carbocycles. The zero-order valence-corrected chi connectivity index (χ0v) is 8.79. The van der Waals surface area contributed by atoms with Crippen LogP contribution in [0, 0.1) is 0 Å². The topological polar surface area (TPSA) is 57.7 Å². The first-order valence-electron chi connectivity index (χ1n) is 4.87. The standard InChI is InChI=1S/C8H14N2O3S/c11-8-3-6-10(7-8)14(12,13)9-4-1-2-5-9/h1-7H2. The summed E-state index contributed by atoms with van der Waals surface area (Å²) >= 11 is 0. The van der Waals surface area contributed by atoms with Crippen molar-refractivity contribution in [1.82, 2.24) is 8.61 Å². The average molecular weight is 218 g/mol. The molecule has 0 atom stereocenters. The molecule has 2 saturated heterocycles. The molecule has 0 aromatic heterocycles. The lowest BCUT2D eigenvalue weighted by atomic mass is 10.4. The summed E-state index contributed by atoms with van der Waals surface area (Å²) in [5, 5.41) is 0. The van der Waals surface area contributed by atoms with E-state index in [9.17, 15) is 13.2 Å². The Labute approximate surface area is 83.9 Å². The van der Waals surface area contributed by atoms with Crippen LogP contribution in [0.3, 0.4) is 0 Å². The van der Waals surface area contributed by atoms with E-state index in [2.05, 4.69) is 0 Å². The van der Waals surface area contributed by atoms with Crippen molar-refractivity contribution in [3.63, 3.8) is 0 Å². The second-order valence-electron chi connectivity index (χ2n) is 3.74. The first kappa shape index (κ1) is 10.1. The number of carbonyl (C=O) groups excluding carboxylic acids is 1. The molecule has 0 bridgehead atoms. The number of hydrogen-bond acceptors (Lipinski definition) is 3. The lowest BCUT2D eigenvalue weighted by Gasteiger charge is -2.22. The summed E-state index contributed by atoms with van der Waals surface area (Å²) in [6.45, 7) is 1.64. The molecular formula is C8H14N2O3S. The summed E-state index contributed by atoms with van der Waals surface area (Å²) in [4.78, 5) is 11.0. The Bertz CT molecular complexity index is 332. The van der Waals surface area contributed by atoms with Gasteiger partial charge in [0.05, 0.1) is 6.54 Å². The van der Waals surface area contributed by atoms with E-state index in [-0.39, 0.29) is 12.3 Å². The van der Waals surface area contributed by atoms with Crippen LogP contribution in [-0.4, -0.2) is 49.0 Å². The summed E-state index contributed by atoms with van der Waals surface area (Å²) < 4.78 is 26.5. The molecule has 2 fully saturated rings. The number of rotatable bonds is 2. The third-order valence-corrected chi connectivity index (χ3v) is 4.69. The van der Waals surface area contributed by atoms with Crippen LogP contribution >= 0.6 is 0 Å². The van der Waals surface area contributed by atoms with Crippen LogP contribution in [0.5, 0.6) is 0 Å². The van der Waals surface area contributed by atoms with Crippen LogP contribution in [0.2, 0.25) is 0 Å². The predicted octanol–water partition coefficient (Wildman–Crippen LogP) is -0.398. The Morgan fingerprint density at radius 3 is 2.14 bits per heavy atom. The molecule has 14 heavy (non-hydrogen) atoms. The molecule has 0 radical (unpaired) electrons. The minimum atomic E-state index is -3.33. The fourth-order valence-electron chi connectivity index (χ4n) is 1.88. The predicted molar refractivity (Wildman–Crippen MR) is 50.9 cm³/mol. The summed E-state index contributed by atoms with van der Waals surface area (Å²) in [6.07, 6.45) is 2.23. The summed E-state index contributed by atoms with van der Waals surface area (Å²) in [5.74, 6) is 0.0211. The number of ketones is 1. The minimum Gasteiger partial charge on any atom is -0.298 e. The normalized spacial score (nSPS) is 26.1. The Balaban J connectivity index is 2.11. The van der Waals surface area contributed by atoms with Gasteiger partial charge in [-0.2, -0.15) is 17.0 Å². The molecule has 2 aliphatic heterocycles. The van der Waals surface area contributed by atoms with Crippen LogP contribution in [0.25, 0.3) is 0 Å². The van der Waals surface area contributed by atoms with Gasteiger partial charge in [0, 0.05) is 26.1 Å². The lowest BCUT2D eigenvalue weighted by Crippen LogP contribution is -2.41. The van der Waals surface area contributed by atoms with Crippen molar-refractivity contribution >= 4 is 16.0 Å². The first-order valence-corrected chi connectivity index (χ1v) is 6.27. The van der Waals surface area contributed by atoms with Crippen molar-refractivity contribution in [1.29, 1.82) is 0 Å². The van der Waals surface area contributed by atoms with Crippen LogP contribution in [-0.2, 0) is 15.0 Å². The van der Waals surface area contributed by atoms with Crippen LogP contribution in [0.4, 0.5) is 0 Å². The maximum atomic E-state index is 11.9. The number of hydrogen-bond donors (Lipinski definition) is 0. The second-order valence-corrected chi connectivity index (χ2v) is 5.66. The van der Waals surface area contributed by atoms with Crippen molar-refractivity contribution in [2.24, 2.45) is 0 Å². The lowest BCUT2D eigenvalue weighted by molar-refractivity contribution is -0.116. The van der Waals surface area contributed by atoms with Gasteiger partial charge in [-0.15, -0.1) is 0 Å². The molecule has 2 heterocycles. The Morgan fingerprint density at radius 2 is 1.64 bits per heavy atom. The van der Waals surface area contributed by atoms with Gasteiger partial charge in [-0.05, 0) is 12.8 Å². The number of carbonyl (C=O) groups is 1. The van der Waals surface area contributed by atoms with E-state index in [1.807, 2.05) is 0 Å². The zero-order valence-electron chi connectivity index (χ0n) is 7.98. The quantitative estimate of drug-likeness (QED) is 0.634. The molecule has 0 amide bonds. The minimum absolute atomic E-state index is 0.0211. The molecule has 0 spiro atoms. The fourth-order valence-corrected chi connectivity index (χ4v) is 3.56. The highest BCUT2D eigenvalue weighted by atomic mass is 32.2. The van der Waals surface area contributed by atoms with Gasteiger partial charge in [0.25, 0.3) is 10.2 Å². The molecule has 0 saturated carbocycles. The van der Waals surface area contributed by atoms with Crippen LogP contribution in [0.15, 0.2) is 0 Å². The highest BCUT2D eigenvalue weighted by Crippen LogP contribution is 2.19. The van der Waals surface area contributed by atoms with E-state index in [1.54, 1.807) is 0 Å². The molecular weight excluding hydrogens is 204 g/mol. The van der Waals surface area contributed by atoms with E-state index in [1.165, 1.54) is 8.61 Å². The van der Waals surface area contributed by atoms with Crippen molar-refractivity contribution < 1.29 is 13.2 Å². The Morgan fingerprint density at radius 1 is 1.00 bits per heavy atom. The van der Waals surface area contributed by atoms with E-state index >= 15 is 0 Å². The van der Waals surface area contributed by atoms with Gasteiger partial charge in [0.1, 0.15) is 5.78 Å². The van der Waals surface area contributed by atoms with Gasteiger partial charge in [0.15, 0.2) is 0 Å². The van der Waals surface area contributed by atoms with Gasteiger partial charge in [-0.1, -0.05) is 0 Å². The molecule has 0 aromatic carbocycles. The molecule has 5 nitrogen and oxygen atoms in total. The first-order chi connectivity index (χ1) is 6.60. The maximum Gasteiger partial charge on any atom is 0.282 e. The van der Waals surface area contributed by atoms with Gasteiger partial charge in [-0.25, -0.2) is 0 Å². The largest absolute Gasteiger partial charge is 0.298 e. The smallest absolute Gasteiger partial charge is 0.282 e. The number of nitrogens with zero attached hydrogens (tertiary/aromatic N) is 2. The highest BCUT2D eigenvalue weighted by Gasteiger charge is 2.35. The Hall–Kier alpha value is -0.460. The van der Waals surface area contributed by atoms with Gasteiger partial charge in [-0.3, -0.25) is 4.79 Å². The molecule has 0 unspecified atom stereocenters. The number of Topliss-reactive ketones (excluding diaryl/α,β-unsaturated/α-hetero) is 1.